The molecular weight excluding hydrogens is 238 g/mol. The van der Waals surface area contributed by atoms with Crippen LogP contribution in [0.5, 0.6) is 0 Å². The van der Waals surface area contributed by atoms with Crippen LogP contribution >= 0.6 is 0 Å². The van der Waals surface area contributed by atoms with Gasteiger partial charge in [-0.3, -0.25) is 9.48 Å². The summed E-state index contributed by atoms with van der Waals surface area (Å²) in [7, 11) is 1.30. The Labute approximate surface area is 104 Å². The molecule has 1 aliphatic heterocycles. The van der Waals surface area contributed by atoms with Gasteiger partial charge in [0.15, 0.2) is 5.69 Å². The van der Waals surface area contributed by atoms with E-state index in [1.807, 2.05) is 0 Å². The second-order valence-electron chi connectivity index (χ2n) is 4.02. The van der Waals surface area contributed by atoms with Crippen LogP contribution < -0.4 is 0 Å². The summed E-state index contributed by atoms with van der Waals surface area (Å²) >= 11 is 0. The average molecular weight is 253 g/mol. The number of ether oxygens (including phenoxy) is 1. The van der Waals surface area contributed by atoms with Gasteiger partial charge in [-0.15, -0.1) is 0 Å². The number of rotatable bonds is 3. The lowest BCUT2D eigenvalue weighted by molar-refractivity contribution is -0.133. The van der Waals surface area contributed by atoms with E-state index in [0.29, 0.717) is 19.6 Å². The maximum absolute atomic E-state index is 11.6. The molecule has 1 aromatic heterocycles. The van der Waals surface area contributed by atoms with Gasteiger partial charge in [0.1, 0.15) is 0 Å². The molecule has 0 aliphatic carbocycles. The van der Waals surface area contributed by atoms with Gasteiger partial charge >= 0.3 is 5.97 Å². The lowest BCUT2D eigenvalue weighted by Gasteiger charge is -2.27. The number of esters is 1. The molecule has 0 fully saturated rings. The quantitative estimate of drug-likeness (QED) is 0.727. The summed E-state index contributed by atoms with van der Waals surface area (Å²) < 4.78 is 6.30. The van der Waals surface area contributed by atoms with E-state index in [1.165, 1.54) is 7.11 Å². The molecule has 0 bridgehead atoms. The van der Waals surface area contributed by atoms with Gasteiger partial charge in [0, 0.05) is 13.0 Å². The highest BCUT2D eigenvalue weighted by atomic mass is 16.5. The van der Waals surface area contributed by atoms with E-state index >= 15 is 0 Å². The zero-order valence-electron chi connectivity index (χ0n) is 10.1. The summed E-state index contributed by atoms with van der Waals surface area (Å²) in [4.78, 5) is 24.6. The van der Waals surface area contributed by atoms with Crippen molar-refractivity contribution in [3.05, 3.63) is 17.5 Å². The van der Waals surface area contributed by atoms with Crippen LogP contribution in [0.25, 0.3) is 0 Å². The fourth-order valence-corrected chi connectivity index (χ4v) is 1.94. The molecule has 0 spiro atoms. The molecule has 2 heterocycles. The Kier molecular flexibility index (Phi) is 3.61. The van der Waals surface area contributed by atoms with Gasteiger partial charge in [0.2, 0.25) is 5.91 Å². The van der Waals surface area contributed by atoms with Crippen molar-refractivity contribution in [2.24, 2.45) is 0 Å². The molecule has 18 heavy (non-hydrogen) atoms. The number of aliphatic hydroxyl groups is 1. The smallest absolute Gasteiger partial charge is 0.358 e. The van der Waals surface area contributed by atoms with E-state index < -0.39 is 5.97 Å². The van der Waals surface area contributed by atoms with Crippen molar-refractivity contribution >= 4 is 11.9 Å². The van der Waals surface area contributed by atoms with Gasteiger partial charge in [-0.1, -0.05) is 0 Å². The predicted molar refractivity (Wildman–Crippen MR) is 60.7 cm³/mol. The molecule has 0 unspecified atom stereocenters. The van der Waals surface area contributed by atoms with Gasteiger partial charge < -0.3 is 14.7 Å². The van der Waals surface area contributed by atoms with Crippen LogP contribution in [-0.4, -0.2) is 51.9 Å². The van der Waals surface area contributed by atoms with E-state index in [1.54, 1.807) is 15.6 Å². The first-order chi connectivity index (χ1) is 8.65. The van der Waals surface area contributed by atoms with Crippen LogP contribution in [0.2, 0.25) is 0 Å². The van der Waals surface area contributed by atoms with Gasteiger partial charge in [0.05, 0.1) is 32.5 Å². The molecule has 7 nitrogen and oxygen atoms in total. The SMILES string of the molecule is COC(=O)c1cc2n(n1)CCN(C(=O)CCO)C2. The number of nitrogens with zero attached hydrogens (tertiary/aromatic N) is 3. The molecule has 1 aliphatic rings. The van der Waals surface area contributed by atoms with Crippen molar-refractivity contribution in [3.63, 3.8) is 0 Å². The average Bonchev–Trinajstić information content (AvgIpc) is 2.80. The number of aliphatic hydroxyl groups excluding tert-OH is 1. The van der Waals surface area contributed by atoms with E-state index in [4.69, 9.17) is 5.11 Å². The van der Waals surface area contributed by atoms with E-state index in [2.05, 4.69) is 9.84 Å². The largest absolute Gasteiger partial charge is 0.464 e. The summed E-state index contributed by atoms with van der Waals surface area (Å²) in [5.74, 6) is -0.574. The molecular formula is C11H15N3O4. The fourth-order valence-electron chi connectivity index (χ4n) is 1.94. The number of amides is 1. The maximum Gasteiger partial charge on any atom is 0.358 e. The molecule has 0 saturated carbocycles. The van der Waals surface area contributed by atoms with Crippen LogP contribution in [0, 0.1) is 0 Å². The maximum atomic E-state index is 11.6. The summed E-state index contributed by atoms with van der Waals surface area (Å²) in [6.45, 7) is 1.34. The third-order valence-electron chi connectivity index (χ3n) is 2.87. The molecule has 1 amide bonds. The highest BCUT2D eigenvalue weighted by molar-refractivity contribution is 5.87. The minimum Gasteiger partial charge on any atom is -0.464 e. The summed E-state index contributed by atoms with van der Waals surface area (Å²) in [6.07, 6.45) is 0.123. The highest BCUT2D eigenvalue weighted by Crippen LogP contribution is 2.15. The second-order valence-corrected chi connectivity index (χ2v) is 4.02. The summed E-state index contributed by atoms with van der Waals surface area (Å²) in [5, 5.41) is 12.9. The van der Waals surface area contributed by atoms with Crippen molar-refractivity contribution in [2.45, 2.75) is 19.5 Å². The first-order valence-electron chi connectivity index (χ1n) is 5.69. The van der Waals surface area contributed by atoms with Gasteiger partial charge in [-0.25, -0.2) is 4.79 Å². The minimum absolute atomic E-state index is 0.0930. The van der Waals surface area contributed by atoms with Crippen LogP contribution in [0.4, 0.5) is 0 Å². The molecule has 98 valence electrons. The number of aromatic nitrogens is 2. The summed E-state index contributed by atoms with van der Waals surface area (Å²) in [5.41, 5.74) is 1.05. The van der Waals surface area contributed by atoms with E-state index in [-0.39, 0.29) is 24.6 Å². The van der Waals surface area contributed by atoms with E-state index in [9.17, 15) is 9.59 Å². The summed E-state index contributed by atoms with van der Waals surface area (Å²) in [6, 6.07) is 1.63. The number of fused-ring (bicyclic) bond motifs is 1. The Hall–Kier alpha value is -1.89. The number of carbonyl (C=O) groups excluding carboxylic acids is 2. The first-order valence-corrected chi connectivity index (χ1v) is 5.69. The van der Waals surface area contributed by atoms with Crippen LogP contribution in [-0.2, 0) is 22.6 Å². The van der Waals surface area contributed by atoms with Crippen molar-refractivity contribution in [1.82, 2.24) is 14.7 Å². The number of hydrogen-bond acceptors (Lipinski definition) is 5. The molecule has 0 saturated heterocycles. The third kappa shape index (κ3) is 2.35. The standard InChI is InChI=1S/C11H15N3O4/c1-18-11(17)9-6-8-7-13(10(16)2-5-15)3-4-14(8)12-9/h6,15H,2-5,7H2,1H3. The number of hydrogen-bond donors (Lipinski definition) is 1. The van der Waals surface area contributed by atoms with Crippen molar-refractivity contribution < 1.29 is 19.4 Å². The molecule has 7 heteroatoms. The molecule has 0 atom stereocenters. The Morgan fingerprint density at radius 2 is 2.28 bits per heavy atom. The molecule has 1 aromatic rings. The fraction of sp³-hybridized carbons (Fsp3) is 0.545. The van der Waals surface area contributed by atoms with Crippen molar-refractivity contribution in [1.29, 1.82) is 0 Å². The molecule has 0 aromatic carbocycles. The number of carbonyl (C=O) groups is 2. The van der Waals surface area contributed by atoms with Crippen molar-refractivity contribution in [3.8, 4) is 0 Å². The Morgan fingerprint density at radius 1 is 1.50 bits per heavy atom. The Bertz CT molecular complexity index is 469. The predicted octanol–water partition coefficient (Wildman–Crippen LogP) is -0.606. The molecule has 0 radical (unpaired) electrons. The number of methoxy groups -OCH3 is 1. The topological polar surface area (TPSA) is 84.7 Å². The monoisotopic (exact) mass is 253 g/mol. The normalized spacial score (nSPS) is 14.2. The molecule has 2 rings (SSSR count). The highest BCUT2D eigenvalue weighted by Gasteiger charge is 2.23. The van der Waals surface area contributed by atoms with Gasteiger partial charge in [0.25, 0.3) is 0 Å². The van der Waals surface area contributed by atoms with Gasteiger partial charge in [-0.05, 0) is 6.07 Å². The van der Waals surface area contributed by atoms with E-state index in [0.717, 1.165) is 5.69 Å². The lowest BCUT2D eigenvalue weighted by Crippen LogP contribution is -2.38. The first kappa shape index (κ1) is 12.6. The van der Waals surface area contributed by atoms with Crippen LogP contribution in [0.3, 0.4) is 0 Å². The van der Waals surface area contributed by atoms with Crippen LogP contribution in [0.15, 0.2) is 6.07 Å². The Balaban J connectivity index is 2.12. The van der Waals surface area contributed by atoms with Crippen molar-refractivity contribution in [2.75, 3.05) is 20.3 Å². The Morgan fingerprint density at radius 3 is 2.94 bits per heavy atom. The third-order valence-corrected chi connectivity index (χ3v) is 2.87. The zero-order valence-corrected chi connectivity index (χ0v) is 10.1. The second kappa shape index (κ2) is 5.18. The molecule has 1 N–H and O–H groups in total. The minimum atomic E-state index is -0.481. The lowest BCUT2D eigenvalue weighted by atomic mass is 10.2. The zero-order chi connectivity index (χ0) is 13.1. The van der Waals surface area contributed by atoms with Crippen LogP contribution in [0.1, 0.15) is 22.6 Å². The van der Waals surface area contributed by atoms with Gasteiger partial charge in [-0.2, -0.15) is 5.10 Å².